The fourth-order valence-corrected chi connectivity index (χ4v) is 4.04. The normalized spacial score (nSPS) is 24.8. The van der Waals surface area contributed by atoms with E-state index >= 15 is 0 Å². The molecule has 1 N–H and O–H groups in total. The maximum absolute atomic E-state index is 12.0. The Balaban J connectivity index is 0.00000392. The summed E-state index contributed by atoms with van der Waals surface area (Å²) in [4.78, 5) is 21.7. The molecule has 0 bridgehead atoms. The number of halogens is 1. The van der Waals surface area contributed by atoms with Crippen LogP contribution in [0.5, 0.6) is 0 Å². The Hall–Kier alpha value is -0.610. The Labute approximate surface area is 187 Å². The van der Waals surface area contributed by atoms with Crippen molar-refractivity contribution in [3.8, 4) is 0 Å². The van der Waals surface area contributed by atoms with E-state index in [1.54, 1.807) is 0 Å². The van der Waals surface area contributed by atoms with Gasteiger partial charge in [-0.3, -0.25) is 14.7 Å². The first-order valence-corrected chi connectivity index (χ1v) is 10.4. The van der Waals surface area contributed by atoms with Crippen molar-refractivity contribution in [2.75, 3.05) is 59.6 Å². The highest BCUT2D eigenvalue weighted by Crippen LogP contribution is 2.24. The van der Waals surface area contributed by atoms with Gasteiger partial charge >= 0.3 is 5.97 Å². The molecular weight excluding hydrogens is 471 g/mol. The topological polar surface area (TPSA) is 66.4 Å². The molecule has 0 amide bonds. The molecule has 164 valence electrons. The third-order valence-corrected chi connectivity index (χ3v) is 5.51. The maximum atomic E-state index is 12.0. The molecule has 28 heavy (non-hydrogen) atoms. The first-order valence-electron chi connectivity index (χ1n) is 10.4. The number of guanidine groups is 1. The number of aliphatic imine (C=N–C) groups is 1. The Morgan fingerprint density at radius 1 is 1.29 bits per heavy atom. The number of rotatable bonds is 7. The van der Waals surface area contributed by atoms with Gasteiger partial charge in [-0.1, -0.05) is 20.8 Å². The summed E-state index contributed by atoms with van der Waals surface area (Å²) in [6.07, 6.45) is 1.13. The molecule has 3 atom stereocenters. The molecular formula is C20H39IN4O3. The summed E-state index contributed by atoms with van der Waals surface area (Å²) in [7, 11) is 1.47. The van der Waals surface area contributed by atoms with Gasteiger partial charge < -0.3 is 19.7 Å². The van der Waals surface area contributed by atoms with Gasteiger partial charge in [-0.05, 0) is 25.2 Å². The van der Waals surface area contributed by atoms with E-state index in [0.29, 0.717) is 18.5 Å². The zero-order chi connectivity index (χ0) is 19.8. The van der Waals surface area contributed by atoms with Crippen LogP contribution in [-0.2, 0) is 14.3 Å². The summed E-state index contributed by atoms with van der Waals surface area (Å²) < 4.78 is 10.5. The molecule has 8 heteroatoms. The van der Waals surface area contributed by atoms with Crippen LogP contribution in [0.3, 0.4) is 0 Å². The second-order valence-electron chi connectivity index (χ2n) is 8.14. The van der Waals surface area contributed by atoms with Gasteiger partial charge in [-0.25, -0.2) is 0 Å². The maximum Gasteiger partial charge on any atom is 0.310 e. The van der Waals surface area contributed by atoms with E-state index in [1.165, 1.54) is 7.11 Å². The molecule has 2 fully saturated rings. The molecule has 0 aromatic heterocycles. The minimum absolute atomic E-state index is 0. The molecule has 3 unspecified atom stereocenters. The number of methoxy groups -OCH3 is 1. The van der Waals surface area contributed by atoms with E-state index in [-0.39, 0.29) is 41.8 Å². The van der Waals surface area contributed by atoms with Crippen molar-refractivity contribution in [2.24, 2.45) is 22.7 Å². The Bertz CT molecular complexity index is 498. The quantitative estimate of drug-likeness (QED) is 0.245. The lowest BCUT2D eigenvalue weighted by atomic mass is 9.99. The minimum Gasteiger partial charge on any atom is -0.469 e. The minimum atomic E-state index is -0.119. The van der Waals surface area contributed by atoms with Gasteiger partial charge in [-0.15, -0.1) is 24.0 Å². The fourth-order valence-electron chi connectivity index (χ4n) is 4.04. The van der Waals surface area contributed by atoms with Gasteiger partial charge in [-0.2, -0.15) is 0 Å². The molecule has 2 aliphatic heterocycles. The number of carbonyl (C=O) groups is 1. The van der Waals surface area contributed by atoms with Crippen molar-refractivity contribution in [3.05, 3.63) is 0 Å². The summed E-state index contributed by atoms with van der Waals surface area (Å²) in [5.41, 5.74) is 0. The Morgan fingerprint density at radius 3 is 2.54 bits per heavy atom. The van der Waals surface area contributed by atoms with Crippen LogP contribution in [0.15, 0.2) is 4.99 Å². The molecule has 2 heterocycles. The van der Waals surface area contributed by atoms with Crippen molar-refractivity contribution in [1.82, 2.24) is 15.1 Å². The molecule has 0 spiro atoms. The van der Waals surface area contributed by atoms with Crippen molar-refractivity contribution < 1.29 is 14.3 Å². The van der Waals surface area contributed by atoms with Crippen molar-refractivity contribution in [3.63, 3.8) is 0 Å². The summed E-state index contributed by atoms with van der Waals surface area (Å²) in [5.74, 6) is 1.62. The highest BCUT2D eigenvalue weighted by Gasteiger charge is 2.37. The molecule has 2 aliphatic rings. The number of hydrogen-bond donors (Lipinski definition) is 1. The van der Waals surface area contributed by atoms with Gasteiger partial charge in [0.25, 0.3) is 0 Å². The summed E-state index contributed by atoms with van der Waals surface area (Å²) in [5, 5.41) is 3.41. The average molecular weight is 510 g/mol. The highest BCUT2D eigenvalue weighted by molar-refractivity contribution is 14.0. The van der Waals surface area contributed by atoms with Crippen LogP contribution in [0.2, 0.25) is 0 Å². The predicted octanol–water partition coefficient (Wildman–Crippen LogP) is 2.06. The van der Waals surface area contributed by atoms with Crippen LogP contribution in [-0.4, -0.2) is 87.4 Å². The number of carbonyl (C=O) groups excluding carboxylic acids is 1. The smallest absolute Gasteiger partial charge is 0.310 e. The average Bonchev–Trinajstić information content (AvgIpc) is 3.05. The van der Waals surface area contributed by atoms with Crippen LogP contribution < -0.4 is 5.32 Å². The molecule has 0 saturated carbocycles. The van der Waals surface area contributed by atoms with Crippen LogP contribution in [0, 0.1) is 17.8 Å². The summed E-state index contributed by atoms with van der Waals surface area (Å²) in [6.45, 7) is 15.4. The summed E-state index contributed by atoms with van der Waals surface area (Å²) in [6, 6.07) is 0.430. The van der Waals surface area contributed by atoms with E-state index in [2.05, 4.69) is 42.8 Å². The van der Waals surface area contributed by atoms with Crippen LogP contribution >= 0.6 is 24.0 Å². The number of nitrogens with one attached hydrogen (secondary N) is 1. The van der Waals surface area contributed by atoms with Crippen LogP contribution in [0.1, 0.15) is 34.1 Å². The predicted molar refractivity (Wildman–Crippen MR) is 123 cm³/mol. The molecule has 0 aliphatic carbocycles. The fraction of sp³-hybridized carbons (Fsp3) is 0.900. The van der Waals surface area contributed by atoms with Gasteiger partial charge in [0, 0.05) is 38.8 Å². The third-order valence-electron chi connectivity index (χ3n) is 5.51. The number of esters is 1. The lowest BCUT2D eigenvalue weighted by molar-refractivity contribution is -0.145. The first-order chi connectivity index (χ1) is 13.0. The van der Waals surface area contributed by atoms with Gasteiger partial charge in [0.2, 0.25) is 0 Å². The summed E-state index contributed by atoms with van der Waals surface area (Å²) >= 11 is 0. The Morgan fingerprint density at radius 2 is 1.96 bits per heavy atom. The van der Waals surface area contributed by atoms with Gasteiger partial charge in [0.15, 0.2) is 5.96 Å². The molecule has 0 aromatic rings. The van der Waals surface area contributed by atoms with E-state index in [4.69, 9.17) is 14.5 Å². The van der Waals surface area contributed by atoms with Gasteiger partial charge in [0.05, 0.1) is 32.8 Å². The number of morpholine rings is 1. The van der Waals surface area contributed by atoms with Crippen LogP contribution in [0.4, 0.5) is 0 Å². The third kappa shape index (κ3) is 7.33. The number of likely N-dealkylation sites (tertiary alicyclic amines) is 1. The van der Waals surface area contributed by atoms with Gasteiger partial charge in [0.1, 0.15) is 0 Å². The number of nitrogens with zero attached hydrogens (tertiary/aromatic N) is 3. The largest absolute Gasteiger partial charge is 0.469 e. The van der Waals surface area contributed by atoms with Crippen molar-refractivity contribution >= 4 is 35.9 Å². The molecule has 2 rings (SSSR count). The highest BCUT2D eigenvalue weighted by atomic mass is 127. The second-order valence-corrected chi connectivity index (χ2v) is 8.14. The monoisotopic (exact) mass is 510 g/mol. The van der Waals surface area contributed by atoms with E-state index in [9.17, 15) is 4.79 Å². The first kappa shape index (κ1) is 25.4. The van der Waals surface area contributed by atoms with E-state index in [0.717, 1.165) is 58.3 Å². The standard InChI is InChI=1S/C20H38N4O3.HI/c1-6-21-20(24-13-16(4)18(14-24)19(25)26-5)22-12-17(11-15(2)3)23-7-9-27-10-8-23;/h15-18H,6-14H2,1-5H3,(H,21,22);1H. The molecule has 2 saturated heterocycles. The molecule has 7 nitrogen and oxygen atoms in total. The van der Waals surface area contributed by atoms with Crippen molar-refractivity contribution in [1.29, 1.82) is 0 Å². The molecule has 0 aromatic carbocycles. The lowest BCUT2D eigenvalue weighted by Gasteiger charge is -2.35. The number of hydrogen-bond acceptors (Lipinski definition) is 5. The second kappa shape index (κ2) is 12.8. The zero-order valence-electron chi connectivity index (χ0n) is 18.1. The lowest BCUT2D eigenvalue weighted by Crippen LogP contribution is -2.46. The zero-order valence-corrected chi connectivity index (χ0v) is 20.5. The molecule has 0 radical (unpaired) electrons. The van der Waals surface area contributed by atoms with E-state index < -0.39 is 0 Å². The SMILES string of the molecule is CCNC(=NCC(CC(C)C)N1CCOCC1)N1CC(C)C(C(=O)OC)C1.I. The van der Waals surface area contributed by atoms with Crippen LogP contribution in [0.25, 0.3) is 0 Å². The Kier molecular flexibility index (Phi) is 11.7. The van der Waals surface area contributed by atoms with E-state index in [1.807, 2.05) is 0 Å². The number of ether oxygens (including phenoxy) is 2. The van der Waals surface area contributed by atoms with Crippen molar-refractivity contribution in [2.45, 2.75) is 40.2 Å².